The van der Waals surface area contributed by atoms with Crippen LogP contribution in [0.1, 0.15) is 35.8 Å². The third kappa shape index (κ3) is 3.29. The number of amides is 1. The highest BCUT2D eigenvalue weighted by Gasteiger charge is 2.28. The van der Waals surface area contributed by atoms with Gasteiger partial charge in [0.25, 0.3) is 0 Å². The second-order valence-corrected chi connectivity index (χ2v) is 7.37. The highest BCUT2D eigenvalue weighted by Crippen LogP contribution is 2.41. The summed E-state index contributed by atoms with van der Waals surface area (Å²) in [6.45, 7) is 2.02. The van der Waals surface area contributed by atoms with Crippen LogP contribution < -0.4 is 5.32 Å². The fourth-order valence-corrected chi connectivity index (χ4v) is 3.52. The summed E-state index contributed by atoms with van der Waals surface area (Å²) in [6, 6.07) is 15.8. The number of rotatable bonds is 5. The number of nitrogens with one attached hydrogen (secondary N) is 1. The van der Waals surface area contributed by atoms with E-state index in [2.05, 4.69) is 21.5 Å². The number of aryl methyl sites for hydroxylation is 1. The predicted octanol–water partition coefficient (Wildman–Crippen LogP) is 3.89. The molecule has 1 aliphatic rings. The van der Waals surface area contributed by atoms with Crippen LogP contribution in [-0.2, 0) is 11.2 Å². The molecule has 1 amide bonds. The van der Waals surface area contributed by atoms with Crippen LogP contribution in [0.4, 0.5) is 5.69 Å². The Bertz CT molecular complexity index is 1120. The van der Waals surface area contributed by atoms with Gasteiger partial charge in [0, 0.05) is 29.7 Å². The van der Waals surface area contributed by atoms with Crippen LogP contribution in [0.25, 0.3) is 11.3 Å². The lowest BCUT2D eigenvalue weighted by Crippen LogP contribution is -2.14. The predicted molar refractivity (Wildman–Crippen MR) is 108 cm³/mol. The number of imidazole rings is 1. The van der Waals surface area contributed by atoms with Crippen molar-refractivity contribution in [3.8, 4) is 5.69 Å². The normalized spacial score (nSPS) is 13.8. The van der Waals surface area contributed by atoms with Gasteiger partial charge in [-0.1, -0.05) is 6.07 Å². The van der Waals surface area contributed by atoms with Gasteiger partial charge in [-0.05, 0) is 62.2 Å². The molecule has 0 aliphatic heterocycles. The Kier molecular flexibility index (Phi) is 3.97. The lowest BCUT2D eigenvalue weighted by molar-refractivity contribution is -0.115. The molecule has 0 spiro atoms. The van der Waals surface area contributed by atoms with Gasteiger partial charge < -0.3 is 9.72 Å². The molecule has 1 aromatic carbocycles. The summed E-state index contributed by atoms with van der Waals surface area (Å²) in [5.74, 6) is 0.552. The minimum atomic E-state index is -0.0789. The molecule has 6 heteroatoms. The lowest BCUT2D eigenvalue weighted by Gasteiger charge is -2.09. The minimum Gasteiger partial charge on any atom is -0.326 e. The third-order valence-corrected chi connectivity index (χ3v) is 5.01. The van der Waals surface area contributed by atoms with Crippen LogP contribution in [0, 0.1) is 6.92 Å². The molecule has 0 atom stereocenters. The second-order valence-electron chi connectivity index (χ2n) is 7.37. The van der Waals surface area contributed by atoms with Crippen molar-refractivity contribution in [2.75, 3.05) is 5.32 Å². The fraction of sp³-hybridized carbons (Fsp3) is 0.227. The van der Waals surface area contributed by atoms with Gasteiger partial charge in [0.15, 0.2) is 0 Å². The summed E-state index contributed by atoms with van der Waals surface area (Å²) in [4.78, 5) is 16.9. The number of pyridine rings is 1. The standard InChI is InChI=1S/C22H21N5O/c1-15-12-20(16-5-6-16)27(25-15)19-9-7-17(8-10-19)24-22(28)13-18-14-26-11-3-2-4-21(26)23-18/h2-4,7-12,14,16H,5-6,13H2,1H3,(H,24,28). The first-order valence-corrected chi connectivity index (χ1v) is 9.55. The number of nitrogens with zero attached hydrogens (tertiary/aromatic N) is 4. The van der Waals surface area contributed by atoms with E-state index in [-0.39, 0.29) is 12.3 Å². The molecule has 1 aliphatic carbocycles. The van der Waals surface area contributed by atoms with Crippen molar-refractivity contribution in [1.29, 1.82) is 0 Å². The maximum Gasteiger partial charge on any atom is 0.230 e. The molecule has 1 fully saturated rings. The summed E-state index contributed by atoms with van der Waals surface area (Å²) >= 11 is 0. The number of anilines is 1. The monoisotopic (exact) mass is 371 g/mol. The first kappa shape index (κ1) is 16.7. The van der Waals surface area contributed by atoms with Crippen LogP contribution in [0.15, 0.2) is 60.9 Å². The molecule has 140 valence electrons. The SMILES string of the molecule is Cc1cc(C2CC2)n(-c2ccc(NC(=O)Cc3cn4ccccc4n3)cc2)n1. The number of carbonyl (C=O) groups is 1. The molecule has 1 saturated carbocycles. The van der Waals surface area contributed by atoms with Crippen molar-refractivity contribution in [3.63, 3.8) is 0 Å². The van der Waals surface area contributed by atoms with Gasteiger partial charge in [-0.15, -0.1) is 0 Å². The summed E-state index contributed by atoms with van der Waals surface area (Å²) in [5, 5.41) is 7.58. The Balaban J connectivity index is 1.29. The van der Waals surface area contributed by atoms with Crippen LogP contribution >= 0.6 is 0 Å². The molecule has 3 aromatic heterocycles. The maximum atomic E-state index is 12.4. The van der Waals surface area contributed by atoms with Crippen LogP contribution in [0.3, 0.4) is 0 Å². The quantitative estimate of drug-likeness (QED) is 0.579. The fourth-order valence-electron chi connectivity index (χ4n) is 3.52. The molecule has 5 rings (SSSR count). The van der Waals surface area contributed by atoms with E-state index in [0.717, 1.165) is 28.4 Å². The summed E-state index contributed by atoms with van der Waals surface area (Å²) < 4.78 is 3.94. The zero-order chi connectivity index (χ0) is 19.1. The van der Waals surface area contributed by atoms with Gasteiger partial charge in [0.2, 0.25) is 5.91 Å². The Hall–Kier alpha value is -3.41. The number of carbonyl (C=O) groups excluding carboxylic acids is 1. The van der Waals surface area contributed by atoms with E-state index in [9.17, 15) is 4.79 Å². The smallest absolute Gasteiger partial charge is 0.230 e. The molecule has 0 saturated heterocycles. The lowest BCUT2D eigenvalue weighted by atomic mass is 10.2. The van der Waals surface area contributed by atoms with E-state index in [0.29, 0.717) is 5.92 Å². The van der Waals surface area contributed by atoms with Gasteiger partial charge in [0.1, 0.15) is 5.65 Å². The average Bonchev–Trinajstić information content (AvgIpc) is 3.34. The Labute approximate surface area is 162 Å². The average molecular weight is 371 g/mol. The van der Waals surface area contributed by atoms with Gasteiger partial charge >= 0.3 is 0 Å². The second kappa shape index (κ2) is 6.64. The molecule has 6 nitrogen and oxygen atoms in total. The zero-order valence-electron chi connectivity index (χ0n) is 15.7. The maximum absolute atomic E-state index is 12.4. The molecule has 0 bridgehead atoms. The van der Waals surface area contributed by atoms with Gasteiger partial charge in [-0.3, -0.25) is 4.79 Å². The molecule has 1 N–H and O–H groups in total. The number of benzene rings is 1. The van der Waals surface area contributed by atoms with Crippen molar-refractivity contribution in [2.24, 2.45) is 0 Å². The van der Waals surface area contributed by atoms with Crippen LogP contribution in [-0.4, -0.2) is 25.1 Å². The molecule has 28 heavy (non-hydrogen) atoms. The number of fused-ring (bicyclic) bond motifs is 1. The highest BCUT2D eigenvalue weighted by molar-refractivity contribution is 5.92. The Morgan fingerprint density at radius 2 is 2.00 bits per heavy atom. The minimum absolute atomic E-state index is 0.0789. The molecular weight excluding hydrogens is 350 g/mol. The van der Waals surface area contributed by atoms with Crippen molar-refractivity contribution in [2.45, 2.75) is 32.1 Å². The number of aromatic nitrogens is 4. The largest absolute Gasteiger partial charge is 0.326 e. The molecular formula is C22H21N5O. The van der Waals surface area contributed by atoms with E-state index in [1.165, 1.54) is 18.5 Å². The highest BCUT2D eigenvalue weighted by atomic mass is 16.1. The summed E-state index contributed by atoms with van der Waals surface area (Å²) in [5.41, 5.74) is 5.70. The van der Waals surface area contributed by atoms with Crippen molar-refractivity contribution in [3.05, 3.63) is 78.0 Å². The van der Waals surface area contributed by atoms with Crippen LogP contribution in [0.2, 0.25) is 0 Å². The van der Waals surface area contributed by atoms with E-state index in [1.807, 2.05) is 70.9 Å². The topological polar surface area (TPSA) is 64.2 Å². The molecule has 4 aromatic rings. The Morgan fingerprint density at radius 1 is 1.18 bits per heavy atom. The van der Waals surface area contributed by atoms with E-state index in [1.54, 1.807) is 0 Å². The van der Waals surface area contributed by atoms with E-state index in [4.69, 9.17) is 0 Å². The van der Waals surface area contributed by atoms with Gasteiger partial charge in [-0.2, -0.15) is 5.10 Å². The number of hydrogen-bond donors (Lipinski definition) is 1. The van der Waals surface area contributed by atoms with Crippen molar-refractivity contribution >= 4 is 17.2 Å². The van der Waals surface area contributed by atoms with Crippen LogP contribution in [0.5, 0.6) is 0 Å². The summed E-state index contributed by atoms with van der Waals surface area (Å²) in [6.07, 6.45) is 6.53. The van der Waals surface area contributed by atoms with Crippen molar-refractivity contribution < 1.29 is 4.79 Å². The molecule has 3 heterocycles. The van der Waals surface area contributed by atoms with Gasteiger partial charge in [0.05, 0.1) is 23.5 Å². The third-order valence-electron chi connectivity index (χ3n) is 5.01. The number of hydrogen-bond acceptors (Lipinski definition) is 3. The van der Waals surface area contributed by atoms with E-state index >= 15 is 0 Å². The van der Waals surface area contributed by atoms with Gasteiger partial charge in [-0.25, -0.2) is 9.67 Å². The van der Waals surface area contributed by atoms with E-state index < -0.39 is 0 Å². The first-order chi connectivity index (χ1) is 13.7. The summed E-state index contributed by atoms with van der Waals surface area (Å²) in [7, 11) is 0. The van der Waals surface area contributed by atoms with Crippen molar-refractivity contribution in [1.82, 2.24) is 19.2 Å². The first-order valence-electron chi connectivity index (χ1n) is 9.55. The molecule has 0 radical (unpaired) electrons. The molecule has 0 unspecified atom stereocenters. The zero-order valence-corrected chi connectivity index (χ0v) is 15.7. The Morgan fingerprint density at radius 3 is 2.75 bits per heavy atom.